The van der Waals surface area contributed by atoms with E-state index in [0.717, 1.165) is 27.7 Å². The highest BCUT2D eigenvalue weighted by molar-refractivity contribution is 7.14. The molecule has 0 atom stereocenters. The van der Waals surface area contributed by atoms with Crippen LogP contribution < -0.4 is 5.32 Å². The van der Waals surface area contributed by atoms with Crippen LogP contribution >= 0.6 is 22.9 Å². The van der Waals surface area contributed by atoms with Gasteiger partial charge in [-0.1, -0.05) is 22.7 Å². The third-order valence-corrected chi connectivity index (χ3v) is 4.33. The molecule has 0 spiro atoms. The Kier molecular flexibility index (Phi) is 3.58. The molecule has 0 aliphatic rings. The predicted octanol–water partition coefficient (Wildman–Crippen LogP) is 3.83. The molecule has 0 radical (unpaired) electrons. The smallest absolute Gasteiger partial charge is 0.269 e. The fraction of sp³-hybridized carbons (Fsp3) is 0.0714. The summed E-state index contributed by atoms with van der Waals surface area (Å²) in [6.07, 6.45) is 0. The summed E-state index contributed by atoms with van der Waals surface area (Å²) in [4.78, 5) is 13.8. The number of nitrogens with one attached hydrogen (secondary N) is 1. The zero-order valence-corrected chi connectivity index (χ0v) is 12.3. The van der Waals surface area contributed by atoms with Crippen LogP contribution in [0, 0.1) is 6.92 Å². The van der Waals surface area contributed by atoms with E-state index in [4.69, 9.17) is 0 Å². The summed E-state index contributed by atoms with van der Waals surface area (Å²) in [5.41, 5.74) is 2.53. The molecule has 3 rings (SSSR count). The third-order valence-electron chi connectivity index (χ3n) is 2.72. The Labute approximate surface area is 124 Å². The molecule has 0 saturated heterocycles. The van der Waals surface area contributed by atoms with Crippen molar-refractivity contribution in [2.24, 2.45) is 0 Å². The molecule has 0 saturated carbocycles. The monoisotopic (exact) mass is 301 g/mol. The molecule has 0 aliphatic carbocycles. The minimum atomic E-state index is -0.172. The van der Waals surface area contributed by atoms with Crippen molar-refractivity contribution >= 4 is 34.5 Å². The number of aryl methyl sites for hydroxylation is 1. The molecular formula is C14H11N3OS2. The predicted molar refractivity (Wildman–Crippen MR) is 82.4 cm³/mol. The quantitative estimate of drug-likeness (QED) is 0.800. The number of amides is 1. The summed E-state index contributed by atoms with van der Waals surface area (Å²) in [6.45, 7) is 1.99. The number of hydrogen-bond acceptors (Lipinski definition) is 5. The summed E-state index contributed by atoms with van der Waals surface area (Å²) < 4.78 is 3.90. The van der Waals surface area contributed by atoms with Crippen LogP contribution in [-0.2, 0) is 0 Å². The van der Waals surface area contributed by atoms with E-state index in [1.807, 2.05) is 48.7 Å². The minimum Gasteiger partial charge on any atom is -0.321 e. The SMILES string of the molecule is Cc1cccc(NC(=O)c2snnc2-c2cccs2)c1. The van der Waals surface area contributed by atoms with Gasteiger partial charge in [-0.3, -0.25) is 4.79 Å². The molecule has 0 bridgehead atoms. The Morgan fingerprint density at radius 2 is 2.15 bits per heavy atom. The first-order valence-electron chi connectivity index (χ1n) is 5.98. The first kappa shape index (κ1) is 13.0. The molecule has 20 heavy (non-hydrogen) atoms. The number of hydrogen-bond donors (Lipinski definition) is 1. The van der Waals surface area contributed by atoms with Crippen molar-refractivity contribution in [3.05, 3.63) is 52.2 Å². The van der Waals surface area contributed by atoms with Crippen molar-refractivity contribution in [2.75, 3.05) is 5.32 Å². The lowest BCUT2D eigenvalue weighted by Gasteiger charge is -2.04. The molecule has 0 unspecified atom stereocenters. The Hall–Kier alpha value is -2.05. The van der Waals surface area contributed by atoms with Crippen LogP contribution in [0.15, 0.2) is 41.8 Å². The molecule has 0 fully saturated rings. The van der Waals surface area contributed by atoms with Crippen LogP contribution in [0.2, 0.25) is 0 Å². The van der Waals surface area contributed by atoms with Crippen molar-refractivity contribution in [1.29, 1.82) is 0 Å². The lowest BCUT2D eigenvalue weighted by molar-refractivity contribution is 0.103. The number of thiophene rings is 1. The number of nitrogens with zero attached hydrogens (tertiary/aromatic N) is 2. The van der Waals surface area contributed by atoms with E-state index < -0.39 is 0 Å². The van der Waals surface area contributed by atoms with Crippen LogP contribution in [-0.4, -0.2) is 15.5 Å². The second-order valence-corrected chi connectivity index (χ2v) is 5.95. The molecule has 3 aromatic rings. The zero-order valence-electron chi connectivity index (χ0n) is 10.7. The Morgan fingerprint density at radius 3 is 2.90 bits per heavy atom. The average molecular weight is 301 g/mol. The lowest BCUT2D eigenvalue weighted by Crippen LogP contribution is -2.11. The first-order valence-corrected chi connectivity index (χ1v) is 7.63. The van der Waals surface area contributed by atoms with E-state index in [0.29, 0.717) is 10.6 Å². The molecule has 2 heterocycles. The van der Waals surface area contributed by atoms with Gasteiger partial charge in [0.15, 0.2) is 0 Å². The normalized spacial score (nSPS) is 10.4. The second-order valence-electron chi connectivity index (χ2n) is 4.25. The summed E-state index contributed by atoms with van der Waals surface area (Å²) >= 11 is 2.66. The molecule has 1 amide bonds. The molecule has 2 aromatic heterocycles. The Balaban J connectivity index is 1.87. The third kappa shape index (κ3) is 2.61. The Morgan fingerprint density at radius 1 is 1.25 bits per heavy atom. The fourth-order valence-corrected chi connectivity index (χ4v) is 3.18. The number of carbonyl (C=O) groups is 1. The minimum absolute atomic E-state index is 0.172. The van der Waals surface area contributed by atoms with Gasteiger partial charge in [0.05, 0.1) is 4.88 Å². The second kappa shape index (κ2) is 5.52. The van der Waals surface area contributed by atoms with Crippen LogP contribution in [0.1, 0.15) is 15.2 Å². The zero-order chi connectivity index (χ0) is 13.9. The summed E-state index contributed by atoms with van der Waals surface area (Å²) in [5.74, 6) is -0.172. The van der Waals surface area contributed by atoms with Gasteiger partial charge in [0.25, 0.3) is 5.91 Å². The van der Waals surface area contributed by atoms with Gasteiger partial charge < -0.3 is 5.32 Å². The van der Waals surface area contributed by atoms with Gasteiger partial charge >= 0.3 is 0 Å². The maximum Gasteiger partial charge on any atom is 0.269 e. The number of anilines is 1. The summed E-state index contributed by atoms with van der Waals surface area (Å²) in [5, 5.41) is 8.90. The largest absolute Gasteiger partial charge is 0.321 e. The maximum atomic E-state index is 12.3. The Bertz CT molecular complexity index is 734. The highest BCUT2D eigenvalue weighted by atomic mass is 32.1. The van der Waals surface area contributed by atoms with Crippen molar-refractivity contribution in [3.8, 4) is 10.6 Å². The molecule has 1 N–H and O–H groups in total. The number of rotatable bonds is 3. The van der Waals surface area contributed by atoms with Gasteiger partial charge in [0.1, 0.15) is 10.6 Å². The van der Waals surface area contributed by atoms with Gasteiger partial charge in [-0.2, -0.15) is 0 Å². The van der Waals surface area contributed by atoms with Gasteiger partial charge in [-0.05, 0) is 47.6 Å². The number of benzene rings is 1. The van der Waals surface area contributed by atoms with E-state index in [2.05, 4.69) is 14.9 Å². The van der Waals surface area contributed by atoms with Crippen LogP contribution in [0.5, 0.6) is 0 Å². The van der Waals surface area contributed by atoms with E-state index in [1.165, 1.54) is 0 Å². The first-order chi connectivity index (χ1) is 9.74. The number of aromatic nitrogens is 2. The molecular weight excluding hydrogens is 290 g/mol. The van der Waals surface area contributed by atoms with E-state index in [-0.39, 0.29) is 5.91 Å². The molecule has 6 heteroatoms. The summed E-state index contributed by atoms with van der Waals surface area (Å²) in [7, 11) is 0. The van der Waals surface area contributed by atoms with Gasteiger partial charge in [-0.15, -0.1) is 16.4 Å². The van der Waals surface area contributed by atoms with E-state index in [1.54, 1.807) is 11.3 Å². The fourth-order valence-electron chi connectivity index (χ4n) is 1.82. The average Bonchev–Trinajstić information content (AvgIpc) is 3.09. The summed E-state index contributed by atoms with van der Waals surface area (Å²) in [6, 6.07) is 11.6. The van der Waals surface area contributed by atoms with Crippen molar-refractivity contribution in [1.82, 2.24) is 9.59 Å². The molecule has 100 valence electrons. The van der Waals surface area contributed by atoms with E-state index >= 15 is 0 Å². The van der Waals surface area contributed by atoms with Crippen LogP contribution in [0.25, 0.3) is 10.6 Å². The van der Waals surface area contributed by atoms with Crippen molar-refractivity contribution in [3.63, 3.8) is 0 Å². The van der Waals surface area contributed by atoms with Crippen LogP contribution in [0.4, 0.5) is 5.69 Å². The maximum absolute atomic E-state index is 12.3. The number of carbonyl (C=O) groups excluding carboxylic acids is 1. The topological polar surface area (TPSA) is 54.9 Å². The molecule has 4 nitrogen and oxygen atoms in total. The molecule has 0 aliphatic heterocycles. The highest BCUT2D eigenvalue weighted by Crippen LogP contribution is 2.28. The molecule has 1 aromatic carbocycles. The standard InChI is InChI=1S/C14H11N3OS2/c1-9-4-2-5-10(8-9)15-14(18)13-12(16-17-20-13)11-6-3-7-19-11/h2-8H,1H3,(H,15,18). The highest BCUT2D eigenvalue weighted by Gasteiger charge is 2.18. The van der Waals surface area contributed by atoms with Crippen molar-refractivity contribution < 1.29 is 4.79 Å². The van der Waals surface area contributed by atoms with Gasteiger partial charge in [0.2, 0.25) is 0 Å². The van der Waals surface area contributed by atoms with Crippen molar-refractivity contribution in [2.45, 2.75) is 6.92 Å². The van der Waals surface area contributed by atoms with Crippen LogP contribution in [0.3, 0.4) is 0 Å². The lowest BCUT2D eigenvalue weighted by atomic mass is 10.2. The van der Waals surface area contributed by atoms with Gasteiger partial charge in [-0.25, -0.2) is 0 Å². The van der Waals surface area contributed by atoms with Gasteiger partial charge in [0, 0.05) is 5.69 Å². The van der Waals surface area contributed by atoms with E-state index in [9.17, 15) is 4.79 Å².